The summed E-state index contributed by atoms with van der Waals surface area (Å²) in [5, 5.41) is 5.33. The van der Waals surface area contributed by atoms with Gasteiger partial charge in [0.05, 0.1) is 5.56 Å². The molecular weight excluding hydrogens is 274 g/mol. The van der Waals surface area contributed by atoms with Gasteiger partial charge in [0, 0.05) is 28.7 Å². The van der Waals surface area contributed by atoms with E-state index in [0.717, 1.165) is 28.5 Å². The number of nitrogens with zero attached hydrogens (tertiary/aromatic N) is 1. The summed E-state index contributed by atoms with van der Waals surface area (Å²) in [5.74, 6) is 2.12. The Morgan fingerprint density at radius 3 is 2.91 bits per heavy atom. The minimum Gasteiger partial charge on any atom is -0.360 e. The summed E-state index contributed by atoms with van der Waals surface area (Å²) in [6.45, 7) is 2.06. The first-order chi connectivity index (χ1) is 10.7. The lowest BCUT2D eigenvalue weighted by molar-refractivity contribution is 0.0956. The van der Waals surface area contributed by atoms with E-state index in [0.29, 0.717) is 11.5 Å². The van der Waals surface area contributed by atoms with Crippen molar-refractivity contribution in [1.82, 2.24) is 10.4 Å². The third-order valence-electron chi connectivity index (χ3n) is 5.44. The molecule has 0 aliphatic heterocycles. The number of para-hydroxylation sites is 1. The standard InChI is InChI=1S/C18H21N3O/c1-11(15-9-12-6-7-13(15)8-12)20-21-18(22)16-10-19-17-5-3-2-4-14(16)17/h2-5,10,12-13,15,19H,6-9H2,1H3,(H,21,22)/b20-11+/t12-,13-,15+/m1/s1. The van der Waals surface area contributed by atoms with Crippen LogP contribution in [0.3, 0.4) is 0 Å². The predicted octanol–water partition coefficient (Wildman–Crippen LogP) is 3.71. The molecule has 4 heteroatoms. The minimum absolute atomic E-state index is 0.139. The van der Waals surface area contributed by atoms with Crippen LogP contribution in [-0.2, 0) is 0 Å². The molecule has 4 nitrogen and oxygen atoms in total. The van der Waals surface area contributed by atoms with E-state index in [9.17, 15) is 4.79 Å². The average Bonchev–Trinajstić information content (AvgIpc) is 3.26. The van der Waals surface area contributed by atoms with Crippen molar-refractivity contribution >= 4 is 22.5 Å². The molecule has 2 bridgehead atoms. The molecule has 2 aromatic rings. The van der Waals surface area contributed by atoms with Crippen LogP contribution in [0.25, 0.3) is 10.9 Å². The average molecular weight is 295 g/mol. The maximum absolute atomic E-state index is 12.4. The van der Waals surface area contributed by atoms with Gasteiger partial charge in [-0.25, -0.2) is 5.43 Å². The molecule has 2 saturated carbocycles. The second-order valence-corrected chi connectivity index (χ2v) is 6.72. The van der Waals surface area contributed by atoms with E-state index in [1.54, 1.807) is 6.20 Å². The molecule has 2 aliphatic rings. The van der Waals surface area contributed by atoms with Crippen LogP contribution in [0.4, 0.5) is 0 Å². The number of fused-ring (bicyclic) bond motifs is 3. The van der Waals surface area contributed by atoms with Gasteiger partial charge in [-0.3, -0.25) is 4.79 Å². The number of aromatic nitrogens is 1. The zero-order valence-electron chi connectivity index (χ0n) is 12.8. The van der Waals surface area contributed by atoms with Gasteiger partial charge in [-0.2, -0.15) is 5.10 Å². The maximum atomic E-state index is 12.4. The first-order valence-electron chi connectivity index (χ1n) is 8.13. The summed E-state index contributed by atoms with van der Waals surface area (Å²) in [6, 6.07) is 7.82. The third-order valence-corrected chi connectivity index (χ3v) is 5.44. The Kier molecular flexibility index (Phi) is 3.25. The SMILES string of the molecule is C/C(=N\NC(=O)c1c[nH]c2ccccc12)[C@@H]1C[C@@H]2CC[C@@H]1C2. The van der Waals surface area contributed by atoms with E-state index in [-0.39, 0.29) is 5.91 Å². The van der Waals surface area contributed by atoms with Crippen molar-refractivity contribution in [3.63, 3.8) is 0 Å². The predicted molar refractivity (Wildman–Crippen MR) is 87.8 cm³/mol. The van der Waals surface area contributed by atoms with E-state index in [4.69, 9.17) is 0 Å². The molecule has 3 atom stereocenters. The summed E-state index contributed by atoms with van der Waals surface area (Å²) in [4.78, 5) is 15.5. The molecule has 1 amide bonds. The van der Waals surface area contributed by atoms with Crippen LogP contribution in [0.5, 0.6) is 0 Å². The van der Waals surface area contributed by atoms with E-state index in [2.05, 4.69) is 22.4 Å². The highest BCUT2D eigenvalue weighted by atomic mass is 16.2. The van der Waals surface area contributed by atoms with E-state index in [1.807, 2.05) is 24.3 Å². The number of aromatic amines is 1. The highest BCUT2D eigenvalue weighted by Crippen LogP contribution is 2.48. The van der Waals surface area contributed by atoms with Crippen molar-refractivity contribution in [2.45, 2.75) is 32.6 Å². The molecule has 1 heterocycles. The highest BCUT2D eigenvalue weighted by molar-refractivity contribution is 6.07. The van der Waals surface area contributed by atoms with Crippen LogP contribution in [-0.4, -0.2) is 16.6 Å². The lowest BCUT2D eigenvalue weighted by Gasteiger charge is -2.21. The van der Waals surface area contributed by atoms with Gasteiger partial charge in [-0.05, 0) is 44.1 Å². The van der Waals surface area contributed by atoms with Crippen LogP contribution < -0.4 is 5.43 Å². The monoisotopic (exact) mass is 295 g/mol. The van der Waals surface area contributed by atoms with Crippen LogP contribution in [0.15, 0.2) is 35.6 Å². The zero-order chi connectivity index (χ0) is 15.1. The van der Waals surface area contributed by atoms with Gasteiger partial charge in [0.2, 0.25) is 0 Å². The van der Waals surface area contributed by atoms with Crippen molar-refractivity contribution in [1.29, 1.82) is 0 Å². The summed E-state index contributed by atoms with van der Waals surface area (Å²) >= 11 is 0. The smallest absolute Gasteiger partial charge is 0.273 e. The number of rotatable bonds is 3. The number of amides is 1. The molecule has 22 heavy (non-hydrogen) atoms. The molecule has 4 rings (SSSR count). The lowest BCUT2D eigenvalue weighted by atomic mass is 9.86. The summed E-state index contributed by atoms with van der Waals surface area (Å²) < 4.78 is 0. The number of carbonyl (C=O) groups excluding carboxylic acids is 1. The van der Waals surface area contributed by atoms with Gasteiger partial charge < -0.3 is 4.98 Å². The Hall–Kier alpha value is -2.10. The lowest BCUT2D eigenvalue weighted by Crippen LogP contribution is -2.24. The maximum Gasteiger partial charge on any atom is 0.273 e. The highest BCUT2D eigenvalue weighted by Gasteiger charge is 2.40. The Labute approximate surface area is 130 Å². The summed E-state index contributed by atoms with van der Waals surface area (Å²) in [6.07, 6.45) is 7.08. The molecule has 0 radical (unpaired) electrons. The van der Waals surface area contributed by atoms with Crippen molar-refractivity contribution in [2.75, 3.05) is 0 Å². The normalized spacial score (nSPS) is 27.5. The number of H-pyrrole nitrogens is 1. The first-order valence-corrected chi connectivity index (χ1v) is 8.13. The minimum atomic E-state index is -0.139. The quantitative estimate of drug-likeness (QED) is 0.658. The van der Waals surface area contributed by atoms with Crippen molar-refractivity contribution < 1.29 is 4.79 Å². The number of benzene rings is 1. The Morgan fingerprint density at radius 2 is 2.14 bits per heavy atom. The van der Waals surface area contributed by atoms with Crippen molar-refractivity contribution in [2.24, 2.45) is 22.9 Å². The fourth-order valence-electron chi connectivity index (χ4n) is 4.30. The molecular formula is C18H21N3O. The Balaban J connectivity index is 1.49. The fourth-order valence-corrected chi connectivity index (χ4v) is 4.30. The third kappa shape index (κ3) is 2.23. The second-order valence-electron chi connectivity index (χ2n) is 6.72. The summed E-state index contributed by atoms with van der Waals surface area (Å²) in [7, 11) is 0. The van der Waals surface area contributed by atoms with E-state index >= 15 is 0 Å². The molecule has 114 valence electrons. The number of nitrogens with one attached hydrogen (secondary N) is 2. The Bertz CT molecular complexity index is 746. The van der Waals surface area contributed by atoms with Crippen LogP contribution in [0.1, 0.15) is 43.0 Å². The number of hydrazone groups is 1. The van der Waals surface area contributed by atoms with Crippen LogP contribution in [0, 0.1) is 17.8 Å². The van der Waals surface area contributed by atoms with Crippen molar-refractivity contribution in [3.05, 3.63) is 36.0 Å². The van der Waals surface area contributed by atoms with Crippen molar-refractivity contribution in [3.8, 4) is 0 Å². The molecule has 0 unspecified atom stereocenters. The van der Waals surface area contributed by atoms with Gasteiger partial charge in [0.25, 0.3) is 5.91 Å². The van der Waals surface area contributed by atoms with Gasteiger partial charge in [-0.1, -0.05) is 24.6 Å². The fraction of sp³-hybridized carbons (Fsp3) is 0.444. The number of carbonyl (C=O) groups is 1. The zero-order valence-corrected chi connectivity index (χ0v) is 12.8. The van der Waals surface area contributed by atoms with E-state index in [1.165, 1.54) is 25.7 Å². The molecule has 2 N–H and O–H groups in total. The molecule has 2 aliphatic carbocycles. The largest absolute Gasteiger partial charge is 0.360 e. The van der Waals surface area contributed by atoms with Crippen LogP contribution in [0.2, 0.25) is 0 Å². The van der Waals surface area contributed by atoms with Gasteiger partial charge >= 0.3 is 0 Å². The summed E-state index contributed by atoms with van der Waals surface area (Å²) in [5.41, 5.74) is 5.45. The van der Waals surface area contributed by atoms with Gasteiger partial charge in [0.15, 0.2) is 0 Å². The molecule has 0 saturated heterocycles. The molecule has 1 aromatic carbocycles. The van der Waals surface area contributed by atoms with Gasteiger partial charge in [-0.15, -0.1) is 0 Å². The number of hydrogen-bond donors (Lipinski definition) is 2. The van der Waals surface area contributed by atoms with Gasteiger partial charge in [0.1, 0.15) is 0 Å². The second kappa shape index (κ2) is 5.27. The molecule has 2 fully saturated rings. The molecule has 0 spiro atoms. The number of hydrogen-bond acceptors (Lipinski definition) is 2. The Morgan fingerprint density at radius 1 is 1.27 bits per heavy atom. The van der Waals surface area contributed by atoms with Crippen LogP contribution >= 0.6 is 0 Å². The van der Waals surface area contributed by atoms with E-state index < -0.39 is 0 Å². The first kappa shape index (κ1) is 13.6. The molecule has 1 aromatic heterocycles. The topological polar surface area (TPSA) is 57.2 Å².